The van der Waals surface area contributed by atoms with Crippen LogP contribution in [0.3, 0.4) is 0 Å². The predicted octanol–water partition coefficient (Wildman–Crippen LogP) is 3.88. The minimum absolute atomic E-state index is 0.439. The molecule has 2 rings (SSSR count). The Morgan fingerprint density at radius 3 is 2.40 bits per heavy atom. The average Bonchev–Trinajstić information content (AvgIpc) is 2.55. The van der Waals surface area contributed by atoms with Crippen LogP contribution in [-0.4, -0.2) is 20.9 Å². The molecular weight excluding hydrogens is 334 g/mol. The summed E-state index contributed by atoms with van der Waals surface area (Å²) in [5, 5.41) is 0. The average molecular weight is 357 g/mol. The van der Waals surface area contributed by atoms with Crippen molar-refractivity contribution in [2.75, 3.05) is 11.0 Å². The molecule has 0 bridgehead atoms. The lowest BCUT2D eigenvalue weighted by Crippen LogP contribution is -2.09. The second kappa shape index (κ2) is 7.98. The first-order chi connectivity index (χ1) is 11.8. The van der Waals surface area contributed by atoms with Gasteiger partial charge in [0.25, 0.3) is 0 Å². The van der Waals surface area contributed by atoms with Gasteiger partial charge < -0.3 is 5.73 Å². The Morgan fingerprint density at radius 2 is 1.84 bits per heavy atom. The van der Waals surface area contributed by atoms with Gasteiger partial charge in [0.15, 0.2) is 0 Å². The molecule has 0 aromatic heterocycles. The van der Waals surface area contributed by atoms with Crippen LogP contribution in [0.25, 0.3) is 5.57 Å². The van der Waals surface area contributed by atoms with E-state index >= 15 is 0 Å². The van der Waals surface area contributed by atoms with E-state index in [1.54, 1.807) is 30.5 Å². The maximum atomic E-state index is 11.2. The number of nitrogens with one attached hydrogen (secondary N) is 1. The van der Waals surface area contributed by atoms with Crippen LogP contribution < -0.4 is 10.5 Å². The van der Waals surface area contributed by atoms with E-state index in [0.29, 0.717) is 11.6 Å². The molecule has 0 fully saturated rings. The maximum Gasteiger partial charge on any atom is 0.229 e. The van der Waals surface area contributed by atoms with Crippen molar-refractivity contribution >= 4 is 33.2 Å². The maximum absolute atomic E-state index is 11.2. The first-order valence-electron chi connectivity index (χ1n) is 7.92. The fourth-order valence-corrected chi connectivity index (χ4v) is 2.83. The van der Waals surface area contributed by atoms with Crippen LogP contribution in [0.5, 0.6) is 0 Å². The minimum Gasteiger partial charge on any atom is -0.404 e. The Morgan fingerprint density at radius 1 is 1.16 bits per heavy atom. The molecule has 25 heavy (non-hydrogen) atoms. The summed E-state index contributed by atoms with van der Waals surface area (Å²) in [5.41, 5.74) is 9.92. The summed E-state index contributed by atoms with van der Waals surface area (Å²) in [6.45, 7) is 4.28. The van der Waals surface area contributed by atoms with E-state index in [4.69, 9.17) is 5.73 Å². The second-order valence-electron chi connectivity index (χ2n) is 6.08. The van der Waals surface area contributed by atoms with Crippen molar-refractivity contribution in [2.24, 2.45) is 10.7 Å². The molecule has 0 unspecified atom stereocenters. The van der Waals surface area contributed by atoms with Gasteiger partial charge in [-0.15, -0.1) is 0 Å². The molecule has 2 aromatic carbocycles. The largest absolute Gasteiger partial charge is 0.404 e. The molecule has 0 saturated heterocycles. The van der Waals surface area contributed by atoms with Crippen molar-refractivity contribution in [1.29, 1.82) is 0 Å². The number of sulfonamides is 1. The van der Waals surface area contributed by atoms with Crippen molar-refractivity contribution in [2.45, 2.75) is 19.8 Å². The van der Waals surface area contributed by atoms with Gasteiger partial charge in [-0.3, -0.25) is 9.71 Å². The molecule has 132 valence electrons. The van der Waals surface area contributed by atoms with Gasteiger partial charge in [0, 0.05) is 23.7 Å². The molecular formula is C19H23N3O2S. The number of nitrogens with zero attached hydrogens (tertiary/aromatic N) is 1. The van der Waals surface area contributed by atoms with Crippen LogP contribution in [0.4, 0.5) is 11.4 Å². The van der Waals surface area contributed by atoms with Gasteiger partial charge in [-0.25, -0.2) is 8.42 Å². The zero-order valence-corrected chi connectivity index (χ0v) is 15.4. The Balaban J connectivity index is 2.19. The van der Waals surface area contributed by atoms with Crippen LogP contribution in [0.2, 0.25) is 0 Å². The molecule has 3 N–H and O–H groups in total. The third kappa shape index (κ3) is 5.76. The van der Waals surface area contributed by atoms with Crippen molar-refractivity contribution in [3.8, 4) is 0 Å². The molecule has 0 heterocycles. The number of aliphatic imine (C=N–C) groups is 1. The lowest BCUT2D eigenvalue weighted by Gasteiger charge is -2.07. The van der Waals surface area contributed by atoms with Gasteiger partial charge in [0.2, 0.25) is 10.0 Å². The molecule has 0 radical (unpaired) electrons. The number of rotatable bonds is 6. The van der Waals surface area contributed by atoms with Gasteiger partial charge in [0.05, 0.1) is 11.9 Å². The minimum atomic E-state index is -3.29. The van der Waals surface area contributed by atoms with Crippen molar-refractivity contribution < 1.29 is 8.42 Å². The fraction of sp³-hybridized carbons (Fsp3) is 0.211. The number of hydrogen-bond donors (Lipinski definition) is 2. The van der Waals surface area contributed by atoms with Gasteiger partial charge in [-0.05, 0) is 41.3 Å². The van der Waals surface area contributed by atoms with E-state index in [2.05, 4.69) is 35.7 Å². The van der Waals surface area contributed by atoms with Gasteiger partial charge in [-0.1, -0.05) is 38.1 Å². The second-order valence-corrected chi connectivity index (χ2v) is 7.83. The molecule has 0 amide bonds. The zero-order valence-electron chi connectivity index (χ0n) is 14.6. The van der Waals surface area contributed by atoms with E-state index in [1.165, 1.54) is 11.8 Å². The number of benzene rings is 2. The molecule has 6 heteroatoms. The molecule has 0 atom stereocenters. The van der Waals surface area contributed by atoms with Crippen LogP contribution in [0, 0.1) is 0 Å². The summed E-state index contributed by atoms with van der Waals surface area (Å²) >= 11 is 0. The quantitative estimate of drug-likeness (QED) is 0.769. The highest BCUT2D eigenvalue weighted by Gasteiger charge is 2.04. The van der Waals surface area contributed by atoms with E-state index in [-0.39, 0.29) is 0 Å². The topological polar surface area (TPSA) is 84.5 Å². The fourth-order valence-electron chi connectivity index (χ4n) is 2.27. The van der Waals surface area contributed by atoms with Crippen LogP contribution >= 0.6 is 0 Å². The molecule has 0 aliphatic heterocycles. The Kier molecular flexibility index (Phi) is 5.98. The van der Waals surface area contributed by atoms with Crippen LogP contribution in [0.15, 0.2) is 59.7 Å². The van der Waals surface area contributed by atoms with E-state index < -0.39 is 10.0 Å². The number of allylic oxidation sites excluding steroid dienone is 1. The van der Waals surface area contributed by atoms with Crippen molar-refractivity contribution in [3.63, 3.8) is 0 Å². The molecule has 2 aromatic rings. The molecule has 0 saturated carbocycles. The highest BCUT2D eigenvalue weighted by atomic mass is 32.2. The monoisotopic (exact) mass is 357 g/mol. The van der Waals surface area contributed by atoms with Gasteiger partial charge >= 0.3 is 0 Å². The summed E-state index contributed by atoms with van der Waals surface area (Å²) in [5.74, 6) is 0.439. The van der Waals surface area contributed by atoms with Gasteiger partial charge in [0.1, 0.15) is 0 Å². The van der Waals surface area contributed by atoms with E-state index in [1.807, 2.05) is 12.1 Å². The number of hydrogen-bond acceptors (Lipinski definition) is 4. The molecule has 5 nitrogen and oxygen atoms in total. The number of nitrogens with two attached hydrogens (primary N) is 1. The lowest BCUT2D eigenvalue weighted by atomic mass is 10.0. The normalized spacial score (nSPS) is 12.7. The summed E-state index contributed by atoms with van der Waals surface area (Å²) in [6, 6.07) is 15.0. The smallest absolute Gasteiger partial charge is 0.229 e. The molecule has 0 aliphatic rings. The first kappa shape index (κ1) is 18.7. The standard InChI is InChI=1S/C19H23N3O2S/c1-14(2)16-5-4-6-19(11-16)21-13-17(12-20)15-7-9-18(10-8-15)22-25(3,23)24/h4-14,22H,20H2,1-3H3. The Bertz CT molecular complexity index is 883. The first-order valence-corrected chi connectivity index (χ1v) is 9.82. The Hall–Kier alpha value is -2.60. The lowest BCUT2D eigenvalue weighted by molar-refractivity contribution is 0.607. The number of anilines is 1. The summed E-state index contributed by atoms with van der Waals surface area (Å²) in [6.07, 6.45) is 4.30. The van der Waals surface area contributed by atoms with E-state index in [9.17, 15) is 8.42 Å². The third-order valence-corrected chi connectivity index (χ3v) is 4.20. The highest BCUT2D eigenvalue weighted by molar-refractivity contribution is 7.92. The summed E-state index contributed by atoms with van der Waals surface area (Å²) < 4.78 is 24.9. The summed E-state index contributed by atoms with van der Waals surface area (Å²) in [7, 11) is -3.29. The third-order valence-electron chi connectivity index (χ3n) is 3.59. The zero-order chi connectivity index (χ0) is 18.4. The SMILES string of the molecule is CC(C)c1cccc(N=CC(=CN)c2ccc(NS(C)(=O)=O)cc2)c1. The van der Waals surface area contributed by atoms with Crippen LogP contribution in [-0.2, 0) is 10.0 Å². The van der Waals surface area contributed by atoms with Gasteiger partial charge in [-0.2, -0.15) is 0 Å². The highest BCUT2D eigenvalue weighted by Crippen LogP contribution is 2.22. The van der Waals surface area contributed by atoms with Crippen molar-refractivity contribution in [3.05, 3.63) is 65.9 Å². The Labute approximate surface area is 149 Å². The van der Waals surface area contributed by atoms with Crippen LogP contribution in [0.1, 0.15) is 30.9 Å². The summed E-state index contributed by atoms with van der Waals surface area (Å²) in [4.78, 5) is 4.49. The molecule has 0 spiro atoms. The van der Waals surface area contributed by atoms with Crippen molar-refractivity contribution in [1.82, 2.24) is 0 Å². The predicted molar refractivity (Wildman–Crippen MR) is 106 cm³/mol. The van der Waals surface area contributed by atoms with E-state index in [0.717, 1.165) is 23.1 Å². The molecule has 0 aliphatic carbocycles.